The van der Waals surface area contributed by atoms with E-state index in [-0.39, 0.29) is 11.8 Å². The highest BCUT2D eigenvalue weighted by atomic mass is 16.3. The molecule has 1 atom stereocenters. The van der Waals surface area contributed by atoms with Crippen LogP contribution in [-0.4, -0.2) is 11.7 Å². The molecular formula is C17H20N2O. The summed E-state index contributed by atoms with van der Waals surface area (Å²) in [7, 11) is 0. The molecule has 1 heterocycles. The van der Waals surface area contributed by atoms with Gasteiger partial charge in [-0.1, -0.05) is 30.3 Å². The normalized spacial score (nSPS) is 15.8. The Labute approximate surface area is 119 Å². The molecule has 20 heavy (non-hydrogen) atoms. The van der Waals surface area contributed by atoms with Gasteiger partial charge >= 0.3 is 0 Å². The topological polar surface area (TPSA) is 49.5 Å². The molecule has 0 saturated heterocycles. The molecule has 1 aliphatic rings. The summed E-state index contributed by atoms with van der Waals surface area (Å²) in [5.74, 6) is 0.288. The van der Waals surface area contributed by atoms with Crippen LogP contribution in [0, 0.1) is 0 Å². The van der Waals surface area contributed by atoms with Gasteiger partial charge in [0.05, 0.1) is 0 Å². The standard InChI is InChI=1S/C17H20N2O/c1-12(18)16-7-6-15(10-17(16)20)19-9-8-13-4-2-3-5-14(13)11-19/h2-7,10,12,20H,8-9,11,18H2,1H3. The Balaban J connectivity index is 1.86. The van der Waals surface area contributed by atoms with Crippen LogP contribution in [0.25, 0.3) is 0 Å². The number of phenols is 1. The molecule has 0 amide bonds. The van der Waals surface area contributed by atoms with Crippen molar-refractivity contribution in [3.63, 3.8) is 0 Å². The monoisotopic (exact) mass is 268 g/mol. The molecule has 2 aromatic rings. The summed E-state index contributed by atoms with van der Waals surface area (Å²) in [5, 5.41) is 10.1. The minimum absolute atomic E-state index is 0.147. The largest absolute Gasteiger partial charge is 0.508 e. The summed E-state index contributed by atoms with van der Waals surface area (Å²) < 4.78 is 0. The number of phenolic OH excluding ortho intramolecular Hbond substituents is 1. The molecule has 3 heteroatoms. The summed E-state index contributed by atoms with van der Waals surface area (Å²) in [4.78, 5) is 2.30. The summed E-state index contributed by atoms with van der Waals surface area (Å²) in [6.45, 7) is 3.76. The van der Waals surface area contributed by atoms with Crippen LogP contribution in [0.5, 0.6) is 5.75 Å². The van der Waals surface area contributed by atoms with Gasteiger partial charge in [-0.25, -0.2) is 0 Å². The van der Waals surface area contributed by atoms with Crippen LogP contribution in [0.3, 0.4) is 0 Å². The molecule has 1 unspecified atom stereocenters. The maximum atomic E-state index is 10.1. The zero-order valence-corrected chi connectivity index (χ0v) is 11.7. The van der Waals surface area contributed by atoms with Gasteiger partial charge in [0.1, 0.15) is 5.75 Å². The van der Waals surface area contributed by atoms with Gasteiger partial charge in [0.25, 0.3) is 0 Å². The van der Waals surface area contributed by atoms with Gasteiger partial charge in [-0.15, -0.1) is 0 Å². The molecule has 0 aromatic heterocycles. The van der Waals surface area contributed by atoms with Gasteiger partial charge in [-0.05, 0) is 30.5 Å². The van der Waals surface area contributed by atoms with Gasteiger partial charge in [-0.3, -0.25) is 0 Å². The second-order valence-corrected chi connectivity index (χ2v) is 5.47. The van der Waals surface area contributed by atoms with E-state index in [0.717, 1.165) is 30.8 Å². The third-order valence-corrected chi connectivity index (χ3v) is 4.00. The maximum Gasteiger partial charge on any atom is 0.122 e. The fraction of sp³-hybridized carbons (Fsp3) is 0.294. The number of aromatic hydroxyl groups is 1. The average Bonchev–Trinajstić information content (AvgIpc) is 2.46. The van der Waals surface area contributed by atoms with Gasteiger partial charge in [0.15, 0.2) is 0 Å². The summed E-state index contributed by atoms with van der Waals surface area (Å²) in [6.07, 6.45) is 1.05. The first-order valence-corrected chi connectivity index (χ1v) is 7.05. The van der Waals surface area contributed by atoms with Gasteiger partial charge < -0.3 is 15.7 Å². The predicted octanol–water partition coefficient (Wildman–Crippen LogP) is 2.97. The van der Waals surface area contributed by atoms with Crippen molar-refractivity contribution in [1.29, 1.82) is 0 Å². The lowest BCUT2D eigenvalue weighted by atomic mass is 9.99. The van der Waals surface area contributed by atoms with Crippen molar-refractivity contribution < 1.29 is 5.11 Å². The molecule has 0 saturated carbocycles. The van der Waals surface area contributed by atoms with E-state index >= 15 is 0 Å². The average molecular weight is 268 g/mol. The van der Waals surface area contributed by atoms with Crippen LogP contribution in [0.4, 0.5) is 5.69 Å². The van der Waals surface area contributed by atoms with Crippen molar-refractivity contribution >= 4 is 5.69 Å². The Morgan fingerprint density at radius 2 is 1.90 bits per heavy atom. The smallest absolute Gasteiger partial charge is 0.122 e. The molecular weight excluding hydrogens is 248 g/mol. The fourth-order valence-corrected chi connectivity index (χ4v) is 2.83. The van der Waals surface area contributed by atoms with Crippen molar-refractivity contribution in [3.05, 3.63) is 59.2 Å². The number of nitrogens with zero attached hydrogens (tertiary/aromatic N) is 1. The Hall–Kier alpha value is -2.00. The van der Waals surface area contributed by atoms with Crippen LogP contribution in [-0.2, 0) is 13.0 Å². The second kappa shape index (κ2) is 5.17. The van der Waals surface area contributed by atoms with E-state index in [1.54, 1.807) is 0 Å². The number of anilines is 1. The van der Waals surface area contributed by atoms with Crippen molar-refractivity contribution in [2.75, 3.05) is 11.4 Å². The molecule has 0 bridgehead atoms. The van der Waals surface area contributed by atoms with Crippen molar-refractivity contribution in [1.82, 2.24) is 0 Å². The number of benzene rings is 2. The number of hydrogen-bond acceptors (Lipinski definition) is 3. The van der Waals surface area contributed by atoms with Crippen LogP contribution in [0.1, 0.15) is 29.7 Å². The quantitative estimate of drug-likeness (QED) is 0.880. The zero-order valence-electron chi connectivity index (χ0n) is 11.7. The maximum absolute atomic E-state index is 10.1. The lowest BCUT2D eigenvalue weighted by Gasteiger charge is -2.31. The van der Waals surface area contributed by atoms with E-state index in [4.69, 9.17) is 5.73 Å². The van der Waals surface area contributed by atoms with E-state index in [1.165, 1.54) is 11.1 Å². The second-order valence-electron chi connectivity index (χ2n) is 5.47. The Morgan fingerprint density at radius 3 is 2.60 bits per heavy atom. The Bertz CT molecular complexity index is 622. The Morgan fingerprint density at radius 1 is 1.15 bits per heavy atom. The highest BCUT2D eigenvalue weighted by molar-refractivity contribution is 5.55. The highest BCUT2D eigenvalue weighted by Gasteiger charge is 2.17. The molecule has 3 rings (SSSR count). The minimum Gasteiger partial charge on any atom is -0.508 e. The van der Waals surface area contributed by atoms with Crippen molar-refractivity contribution in [2.45, 2.75) is 25.9 Å². The summed E-state index contributed by atoms with van der Waals surface area (Å²) >= 11 is 0. The lowest BCUT2D eigenvalue weighted by molar-refractivity contribution is 0.463. The highest BCUT2D eigenvalue weighted by Crippen LogP contribution is 2.30. The van der Waals surface area contributed by atoms with E-state index in [1.807, 2.05) is 25.1 Å². The third-order valence-electron chi connectivity index (χ3n) is 4.00. The minimum atomic E-state index is -0.147. The van der Waals surface area contributed by atoms with Crippen LogP contribution >= 0.6 is 0 Å². The number of hydrogen-bond donors (Lipinski definition) is 2. The van der Waals surface area contributed by atoms with Gasteiger partial charge in [0.2, 0.25) is 0 Å². The summed E-state index contributed by atoms with van der Waals surface area (Å²) in [5.41, 5.74) is 10.5. The van der Waals surface area contributed by atoms with E-state index in [2.05, 4.69) is 29.2 Å². The first kappa shape index (κ1) is 13.0. The molecule has 1 aliphatic heterocycles. The first-order valence-electron chi connectivity index (χ1n) is 7.05. The van der Waals surface area contributed by atoms with E-state index < -0.39 is 0 Å². The number of nitrogens with two attached hydrogens (primary N) is 1. The molecule has 0 aliphatic carbocycles. The zero-order chi connectivity index (χ0) is 14.1. The molecule has 104 valence electrons. The van der Waals surface area contributed by atoms with Crippen molar-refractivity contribution in [3.8, 4) is 5.75 Å². The Kier molecular flexibility index (Phi) is 3.36. The van der Waals surface area contributed by atoms with E-state index in [9.17, 15) is 5.11 Å². The SMILES string of the molecule is CC(N)c1ccc(N2CCc3ccccc3C2)cc1O. The molecule has 3 N–H and O–H groups in total. The van der Waals surface area contributed by atoms with Crippen LogP contribution in [0.15, 0.2) is 42.5 Å². The predicted molar refractivity (Wildman–Crippen MR) is 81.9 cm³/mol. The van der Waals surface area contributed by atoms with E-state index in [0.29, 0.717) is 0 Å². The van der Waals surface area contributed by atoms with Gasteiger partial charge in [-0.2, -0.15) is 0 Å². The van der Waals surface area contributed by atoms with Gasteiger partial charge in [0, 0.05) is 36.4 Å². The summed E-state index contributed by atoms with van der Waals surface area (Å²) in [6, 6.07) is 14.2. The number of rotatable bonds is 2. The molecule has 0 fully saturated rings. The van der Waals surface area contributed by atoms with Crippen LogP contribution < -0.4 is 10.6 Å². The lowest BCUT2D eigenvalue weighted by Crippen LogP contribution is -2.30. The molecule has 3 nitrogen and oxygen atoms in total. The molecule has 2 aromatic carbocycles. The number of fused-ring (bicyclic) bond motifs is 1. The molecule has 0 radical (unpaired) electrons. The van der Waals surface area contributed by atoms with Crippen molar-refractivity contribution in [2.24, 2.45) is 5.73 Å². The fourth-order valence-electron chi connectivity index (χ4n) is 2.83. The van der Waals surface area contributed by atoms with Crippen LogP contribution in [0.2, 0.25) is 0 Å². The third kappa shape index (κ3) is 2.37. The molecule has 0 spiro atoms. The first-order chi connectivity index (χ1) is 9.65.